The maximum atomic E-state index is 12.1. The predicted molar refractivity (Wildman–Crippen MR) is 80.5 cm³/mol. The van der Waals surface area contributed by atoms with Gasteiger partial charge in [0.1, 0.15) is 0 Å². The molecule has 1 atom stereocenters. The fraction of sp³-hybridized carbons (Fsp3) is 0.533. The summed E-state index contributed by atoms with van der Waals surface area (Å²) in [6, 6.07) is 2.57. The van der Waals surface area contributed by atoms with E-state index in [1.807, 2.05) is 0 Å². The summed E-state index contributed by atoms with van der Waals surface area (Å²) in [5.74, 6) is -0.336. The largest absolute Gasteiger partial charge is 0.502 e. The average Bonchev–Trinajstić information content (AvgIpc) is 2.45. The molecule has 0 saturated carbocycles. The molecule has 6 nitrogen and oxygen atoms in total. The second kappa shape index (κ2) is 7.61. The molecule has 0 heterocycles. The number of nitrogens with one attached hydrogen (secondary N) is 1. The van der Waals surface area contributed by atoms with Crippen LogP contribution in [0.2, 0.25) is 0 Å². The lowest BCUT2D eigenvalue weighted by molar-refractivity contribution is -0.385. The van der Waals surface area contributed by atoms with Gasteiger partial charge in [0.25, 0.3) is 5.91 Å². The van der Waals surface area contributed by atoms with Crippen LogP contribution in [0.4, 0.5) is 5.69 Å². The molecule has 1 amide bonds. The van der Waals surface area contributed by atoms with E-state index in [1.165, 1.54) is 13.0 Å². The van der Waals surface area contributed by atoms with Crippen molar-refractivity contribution in [3.63, 3.8) is 0 Å². The Balaban J connectivity index is 2.85. The van der Waals surface area contributed by atoms with Crippen LogP contribution in [0.1, 0.15) is 49.0 Å². The lowest BCUT2D eigenvalue weighted by Crippen LogP contribution is -2.29. The van der Waals surface area contributed by atoms with Crippen molar-refractivity contribution >= 4 is 11.6 Å². The van der Waals surface area contributed by atoms with Crippen molar-refractivity contribution in [2.24, 2.45) is 5.92 Å². The van der Waals surface area contributed by atoms with Gasteiger partial charge < -0.3 is 10.4 Å². The van der Waals surface area contributed by atoms with Crippen molar-refractivity contribution in [1.82, 2.24) is 5.32 Å². The van der Waals surface area contributed by atoms with E-state index in [0.717, 1.165) is 25.3 Å². The van der Waals surface area contributed by atoms with Gasteiger partial charge in [0, 0.05) is 18.2 Å². The molecule has 0 fully saturated rings. The van der Waals surface area contributed by atoms with Crippen LogP contribution in [0.5, 0.6) is 5.75 Å². The lowest BCUT2D eigenvalue weighted by atomic mass is 10.0. The molecule has 0 spiro atoms. The Hall–Kier alpha value is -2.11. The second-order valence-corrected chi connectivity index (χ2v) is 5.19. The predicted octanol–water partition coefficient (Wildman–Crippen LogP) is 3.16. The summed E-state index contributed by atoms with van der Waals surface area (Å²) in [5, 5.41) is 23.3. The SMILES string of the molecule is CCCC(CC)CNC(=O)c1cc(C)c(O)c([N+](=O)[O-])c1. The third-order valence-corrected chi connectivity index (χ3v) is 3.56. The van der Waals surface area contributed by atoms with Gasteiger partial charge in [-0.05, 0) is 30.9 Å². The van der Waals surface area contributed by atoms with Crippen molar-refractivity contribution in [1.29, 1.82) is 0 Å². The first kappa shape index (κ1) is 16.9. The Kier molecular flexibility index (Phi) is 6.14. The normalized spacial score (nSPS) is 12.0. The zero-order chi connectivity index (χ0) is 16.0. The molecule has 6 heteroatoms. The number of nitrogens with zero attached hydrogens (tertiary/aromatic N) is 1. The number of rotatable bonds is 7. The summed E-state index contributed by atoms with van der Waals surface area (Å²) in [7, 11) is 0. The fourth-order valence-electron chi connectivity index (χ4n) is 2.23. The Bertz CT molecular complexity index is 529. The summed E-state index contributed by atoms with van der Waals surface area (Å²) < 4.78 is 0. The van der Waals surface area contributed by atoms with Crippen LogP contribution < -0.4 is 5.32 Å². The Morgan fingerprint density at radius 3 is 2.62 bits per heavy atom. The number of nitro groups is 1. The van der Waals surface area contributed by atoms with E-state index in [-0.39, 0.29) is 11.5 Å². The molecule has 21 heavy (non-hydrogen) atoms. The zero-order valence-corrected chi connectivity index (χ0v) is 12.7. The molecular weight excluding hydrogens is 272 g/mol. The van der Waals surface area contributed by atoms with Gasteiger partial charge in [-0.3, -0.25) is 14.9 Å². The van der Waals surface area contributed by atoms with E-state index in [1.54, 1.807) is 0 Å². The molecule has 0 aliphatic carbocycles. The van der Waals surface area contributed by atoms with E-state index in [4.69, 9.17) is 0 Å². The highest BCUT2D eigenvalue weighted by atomic mass is 16.6. The molecule has 0 aliphatic heterocycles. The summed E-state index contributed by atoms with van der Waals surface area (Å²) >= 11 is 0. The van der Waals surface area contributed by atoms with Gasteiger partial charge in [-0.25, -0.2) is 0 Å². The highest BCUT2D eigenvalue weighted by Crippen LogP contribution is 2.30. The van der Waals surface area contributed by atoms with Gasteiger partial charge in [-0.15, -0.1) is 0 Å². The number of aryl methyl sites for hydroxylation is 1. The smallest absolute Gasteiger partial charge is 0.311 e. The van der Waals surface area contributed by atoms with E-state index < -0.39 is 16.4 Å². The molecule has 0 aromatic heterocycles. The standard InChI is InChI=1S/C15H22N2O4/c1-4-6-11(5-2)9-16-15(19)12-7-10(3)14(18)13(8-12)17(20)21/h7-8,11,18H,4-6,9H2,1-3H3,(H,16,19). The van der Waals surface area contributed by atoms with Crippen molar-refractivity contribution in [2.45, 2.75) is 40.0 Å². The molecule has 0 bridgehead atoms. The van der Waals surface area contributed by atoms with Gasteiger partial charge in [0.2, 0.25) is 0 Å². The van der Waals surface area contributed by atoms with E-state index in [2.05, 4.69) is 19.2 Å². The molecule has 1 aromatic rings. The van der Waals surface area contributed by atoms with E-state index in [9.17, 15) is 20.0 Å². The first-order valence-electron chi connectivity index (χ1n) is 7.16. The third kappa shape index (κ3) is 4.44. The second-order valence-electron chi connectivity index (χ2n) is 5.19. The van der Waals surface area contributed by atoms with Gasteiger partial charge >= 0.3 is 5.69 Å². The number of hydrogen-bond donors (Lipinski definition) is 2. The number of amides is 1. The van der Waals surface area contributed by atoms with Crippen LogP contribution in [0.3, 0.4) is 0 Å². The van der Waals surface area contributed by atoms with Crippen LogP contribution in [0, 0.1) is 23.0 Å². The molecular formula is C15H22N2O4. The van der Waals surface area contributed by atoms with Crippen molar-refractivity contribution in [2.75, 3.05) is 6.54 Å². The van der Waals surface area contributed by atoms with Gasteiger partial charge in [-0.2, -0.15) is 0 Å². The molecule has 0 aliphatic rings. The van der Waals surface area contributed by atoms with Crippen LogP contribution in [0.25, 0.3) is 0 Å². The maximum absolute atomic E-state index is 12.1. The molecule has 1 unspecified atom stereocenters. The number of benzene rings is 1. The topological polar surface area (TPSA) is 92.5 Å². The number of phenols is 1. The molecule has 0 saturated heterocycles. The third-order valence-electron chi connectivity index (χ3n) is 3.56. The highest BCUT2D eigenvalue weighted by Gasteiger charge is 2.20. The number of carbonyl (C=O) groups excluding carboxylic acids is 1. The molecule has 1 aromatic carbocycles. The molecule has 0 radical (unpaired) electrons. The molecule has 116 valence electrons. The maximum Gasteiger partial charge on any atom is 0.311 e. The van der Waals surface area contributed by atoms with Crippen LogP contribution in [-0.2, 0) is 0 Å². The molecule has 1 rings (SSSR count). The van der Waals surface area contributed by atoms with E-state index in [0.29, 0.717) is 18.0 Å². The van der Waals surface area contributed by atoms with Crippen LogP contribution in [0.15, 0.2) is 12.1 Å². The van der Waals surface area contributed by atoms with Crippen molar-refractivity contribution < 1.29 is 14.8 Å². The van der Waals surface area contributed by atoms with Crippen LogP contribution >= 0.6 is 0 Å². The van der Waals surface area contributed by atoms with Crippen molar-refractivity contribution in [3.8, 4) is 5.75 Å². The van der Waals surface area contributed by atoms with E-state index >= 15 is 0 Å². The monoisotopic (exact) mass is 294 g/mol. The highest BCUT2D eigenvalue weighted by molar-refractivity contribution is 5.95. The number of carbonyl (C=O) groups is 1. The number of aromatic hydroxyl groups is 1. The van der Waals surface area contributed by atoms with Gasteiger partial charge in [0.05, 0.1) is 4.92 Å². The zero-order valence-electron chi connectivity index (χ0n) is 12.7. The average molecular weight is 294 g/mol. The minimum Gasteiger partial charge on any atom is -0.502 e. The first-order chi connectivity index (χ1) is 9.90. The minimum absolute atomic E-state index is 0.198. The number of nitro benzene ring substituents is 1. The van der Waals surface area contributed by atoms with Crippen LogP contribution in [-0.4, -0.2) is 22.5 Å². The minimum atomic E-state index is -0.689. The van der Waals surface area contributed by atoms with Crippen molar-refractivity contribution in [3.05, 3.63) is 33.4 Å². The van der Waals surface area contributed by atoms with Gasteiger partial charge in [-0.1, -0.05) is 26.7 Å². The number of phenolic OH excluding ortho intramolecular Hbond substituents is 1. The lowest BCUT2D eigenvalue weighted by Gasteiger charge is -2.15. The quantitative estimate of drug-likeness (QED) is 0.596. The first-order valence-corrected chi connectivity index (χ1v) is 7.16. The summed E-state index contributed by atoms with van der Waals surface area (Å²) in [6.07, 6.45) is 3.06. The summed E-state index contributed by atoms with van der Waals surface area (Å²) in [5.41, 5.74) is 0.0686. The summed E-state index contributed by atoms with van der Waals surface area (Å²) in [6.45, 7) is 6.25. The molecule has 2 N–H and O–H groups in total. The summed E-state index contributed by atoms with van der Waals surface area (Å²) in [4.78, 5) is 22.3. The fourth-order valence-corrected chi connectivity index (χ4v) is 2.23. The Labute approximate surface area is 124 Å². The number of hydrogen-bond acceptors (Lipinski definition) is 4. The Morgan fingerprint density at radius 2 is 2.10 bits per heavy atom. The Morgan fingerprint density at radius 1 is 1.43 bits per heavy atom. The van der Waals surface area contributed by atoms with Gasteiger partial charge in [0.15, 0.2) is 5.75 Å².